The molecule has 1 rings (SSSR count). The van der Waals surface area contributed by atoms with E-state index in [0.29, 0.717) is 11.3 Å². The van der Waals surface area contributed by atoms with E-state index in [-0.39, 0.29) is 5.24 Å². The van der Waals surface area contributed by atoms with E-state index in [4.69, 9.17) is 5.26 Å². The molecule has 0 atom stereocenters. The number of thioether (sulfide) groups is 1. The molecule has 1 aromatic carbocycles. The monoisotopic (exact) mass is 248 g/mol. The first-order chi connectivity index (χ1) is 8.21. The lowest BCUT2D eigenvalue weighted by Gasteiger charge is -2.17. The summed E-state index contributed by atoms with van der Waals surface area (Å²) in [6, 6.07) is 9.40. The van der Waals surface area contributed by atoms with Gasteiger partial charge in [0.05, 0.1) is 11.6 Å². The topological polar surface area (TPSA) is 44.1 Å². The molecule has 0 bridgehead atoms. The Hall–Kier alpha value is -1.47. The molecule has 0 aliphatic carbocycles. The quantitative estimate of drug-likeness (QED) is 0.821. The van der Waals surface area contributed by atoms with E-state index in [9.17, 15) is 4.79 Å². The molecule has 0 fully saturated rings. The van der Waals surface area contributed by atoms with Crippen LogP contribution in [0.4, 0.5) is 4.79 Å². The van der Waals surface area contributed by atoms with Crippen LogP contribution in [-0.2, 0) is 5.75 Å². The van der Waals surface area contributed by atoms with Crippen molar-refractivity contribution in [3.8, 4) is 6.07 Å². The summed E-state index contributed by atoms with van der Waals surface area (Å²) in [4.78, 5) is 13.5. The molecule has 3 nitrogen and oxygen atoms in total. The van der Waals surface area contributed by atoms with E-state index in [0.717, 1.165) is 18.7 Å². The second-order valence-corrected chi connectivity index (χ2v) is 4.46. The van der Waals surface area contributed by atoms with Gasteiger partial charge in [-0.25, -0.2) is 0 Å². The minimum absolute atomic E-state index is 0.111. The van der Waals surface area contributed by atoms with E-state index in [1.807, 2.05) is 26.0 Å². The van der Waals surface area contributed by atoms with Crippen LogP contribution in [0.25, 0.3) is 0 Å². The molecule has 0 heterocycles. The van der Waals surface area contributed by atoms with Gasteiger partial charge in [-0.15, -0.1) is 0 Å². The molecule has 0 spiro atoms. The SMILES string of the molecule is CCN(CC)C(=O)SCc1ccc(C#N)cc1. The number of hydrogen-bond acceptors (Lipinski definition) is 3. The molecule has 0 saturated heterocycles. The third kappa shape index (κ3) is 4.12. The molecule has 0 unspecified atom stereocenters. The smallest absolute Gasteiger partial charge is 0.281 e. The number of benzene rings is 1. The van der Waals surface area contributed by atoms with Gasteiger partial charge >= 0.3 is 0 Å². The lowest BCUT2D eigenvalue weighted by atomic mass is 10.2. The first kappa shape index (κ1) is 13.6. The summed E-state index contributed by atoms with van der Waals surface area (Å²) in [6.07, 6.45) is 0. The fraction of sp³-hybridized carbons (Fsp3) is 0.385. The first-order valence-electron chi connectivity index (χ1n) is 5.62. The van der Waals surface area contributed by atoms with Crippen LogP contribution in [0.2, 0.25) is 0 Å². The third-order valence-corrected chi connectivity index (χ3v) is 3.45. The molecule has 0 saturated carbocycles. The van der Waals surface area contributed by atoms with Crippen molar-refractivity contribution < 1.29 is 4.79 Å². The number of rotatable bonds is 4. The molecule has 1 amide bonds. The van der Waals surface area contributed by atoms with E-state index >= 15 is 0 Å². The van der Waals surface area contributed by atoms with Gasteiger partial charge in [-0.05, 0) is 31.5 Å². The maximum absolute atomic E-state index is 11.7. The fourth-order valence-electron chi connectivity index (χ4n) is 1.39. The van der Waals surface area contributed by atoms with Crippen molar-refractivity contribution in [2.75, 3.05) is 13.1 Å². The molecule has 90 valence electrons. The van der Waals surface area contributed by atoms with Crippen molar-refractivity contribution in [2.24, 2.45) is 0 Å². The number of amides is 1. The fourth-order valence-corrected chi connectivity index (χ4v) is 2.32. The van der Waals surface area contributed by atoms with Crippen molar-refractivity contribution >= 4 is 17.0 Å². The van der Waals surface area contributed by atoms with E-state index in [1.54, 1.807) is 17.0 Å². The van der Waals surface area contributed by atoms with Gasteiger partial charge in [0.2, 0.25) is 0 Å². The van der Waals surface area contributed by atoms with Crippen LogP contribution in [0.15, 0.2) is 24.3 Å². The Kier molecular flexibility index (Phi) is 5.58. The summed E-state index contributed by atoms with van der Waals surface area (Å²) in [5, 5.41) is 8.78. The highest BCUT2D eigenvalue weighted by Gasteiger charge is 2.09. The molecule has 0 aromatic heterocycles. The highest BCUT2D eigenvalue weighted by molar-refractivity contribution is 8.12. The zero-order valence-corrected chi connectivity index (χ0v) is 11.0. The van der Waals surface area contributed by atoms with Crippen molar-refractivity contribution in [3.63, 3.8) is 0 Å². The van der Waals surface area contributed by atoms with E-state index < -0.39 is 0 Å². The molecule has 0 N–H and O–H groups in total. The van der Waals surface area contributed by atoms with Crippen molar-refractivity contribution in [1.82, 2.24) is 4.90 Å². The van der Waals surface area contributed by atoms with Gasteiger partial charge in [0.15, 0.2) is 0 Å². The number of nitriles is 1. The summed E-state index contributed by atoms with van der Waals surface area (Å²) in [5.41, 5.74) is 1.71. The van der Waals surface area contributed by atoms with Crippen LogP contribution < -0.4 is 0 Å². The molecule has 0 aliphatic rings. The zero-order chi connectivity index (χ0) is 12.7. The van der Waals surface area contributed by atoms with Crippen LogP contribution in [0.3, 0.4) is 0 Å². The van der Waals surface area contributed by atoms with Crippen LogP contribution >= 0.6 is 11.8 Å². The summed E-state index contributed by atoms with van der Waals surface area (Å²) in [7, 11) is 0. The standard InChI is InChI=1S/C13H16N2OS/c1-3-15(4-2)13(16)17-10-12-7-5-11(9-14)6-8-12/h5-8H,3-4,10H2,1-2H3. The predicted molar refractivity (Wildman–Crippen MR) is 70.8 cm³/mol. The highest BCUT2D eigenvalue weighted by Crippen LogP contribution is 2.16. The maximum atomic E-state index is 11.7. The Morgan fingerprint density at radius 1 is 1.29 bits per heavy atom. The van der Waals surface area contributed by atoms with Gasteiger partial charge in [-0.1, -0.05) is 23.9 Å². The van der Waals surface area contributed by atoms with Crippen LogP contribution in [0, 0.1) is 11.3 Å². The minimum Gasteiger partial charge on any atom is -0.334 e. The Labute approximate surface area is 106 Å². The van der Waals surface area contributed by atoms with E-state index in [2.05, 4.69) is 6.07 Å². The molecule has 17 heavy (non-hydrogen) atoms. The summed E-state index contributed by atoms with van der Waals surface area (Å²) in [6.45, 7) is 5.44. The van der Waals surface area contributed by atoms with Gasteiger partial charge in [-0.3, -0.25) is 4.79 Å². The lowest BCUT2D eigenvalue weighted by molar-refractivity contribution is 0.228. The molecule has 1 aromatic rings. The number of carbonyl (C=O) groups is 1. The largest absolute Gasteiger partial charge is 0.334 e. The number of hydrogen-bond donors (Lipinski definition) is 0. The third-order valence-electron chi connectivity index (χ3n) is 2.47. The second kappa shape index (κ2) is 6.97. The average Bonchev–Trinajstić information content (AvgIpc) is 2.38. The highest BCUT2D eigenvalue weighted by atomic mass is 32.2. The van der Waals surface area contributed by atoms with Crippen molar-refractivity contribution in [2.45, 2.75) is 19.6 Å². The summed E-state index contributed by atoms with van der Waals surface area (Å²) >= 11 is 1.30. The lowest BCUT2D eigenvalue weighted by Crippen LogP contribution is -2.26. The Bertz CT molecular complexity index is 404. The zero-order valence-electron chi connectivity index (χ0n) is 10.1. The van der Waals surface area contributed by atoms with Crippen LogP contribution in [0.5, 0.6) is 0 Å². The first-order valence-corrected chi connectivity index (χ1v) is 6.60. The molecular formula is C13H16N2OS. The Morgan fingerprint density at radius 2 is 1.88 bits per heavy atom. The Balaban J connectivity index is 2.50. The summed E-state index contributed by atoms with van der Waals surface area (Å²) in [5.74, 6) is 0.654. The van der Waals surface area contributed by atoms with Gasteiger partial charge in [-0.2, -0.15) is 5.26 Å². The summed E-state index contributed by atoms with van der Waals surface area (Å²) < 4.78 is 0. The van der Waals surface area contributed by atoms with Gasteiger partial charge in [0.25, 0.3) is 5.24 Å². The second-order valence-electron chi connectivity index (χ2n) is 3.54. The van der Waals surface area contributed by atoms with Crippen molar-refractivity contribution in [3.05, 3.63) is 35.4 Å². The normalized spacial score (nSPS) is 9.71. The molecule has 0 aliphatic heterocycles. The van der Waals surface area contributed by atoms with Gasteiger partial charge in [0, 0.05) is 18.8 Å². The van der Waals surface area contributed by atoms with Crippen molar-refractivity contribution in [1.29, 1.82) is 5.26 Å². The number of nitrogens with zero attached hydrogens (tertiary/aromatic N) is 2. The predicted octanol–water partition coefficient (Wildman–Crippen LogP) is 3.25. The number of carbonyl (C=O) groups excluding carboxylic acids is 1. The van der Waals surface area contributed by atoms with Crippen LogP contribution in [0.1, 0.15) is 25.0 Å². The van der Waals surface area contributed by atoms with E-state index in [1.165, 1.54) is 11.8 Å². The molecule has 0 radical (unpaired) electrons. The van der Waals surface area contributed by atoms with Gasteiger partial charge < -0.3 is 4.90 Å². The maximum Gasteiger partial charge on any atom is 0.281 e. The van der Waals surface area contributed by atoms with Gasteiger partial charge in [0.1, 0.15) is 0 Å². The average molecular weight is 248 g/mol. The van der Waals surface area contributed by atoms with Crippen LogP contribution in [-0.4, -0.2) is 23.2 Å². The minimum atomic E-state index is 0.111. The molecular weight excluding hydrogens is 232 g/mol. The Morgan fingerprint density at radius 3 is 2.35 bits per heavy atom. The molecule has 4 heteroatoms.